The van der Waals surface area contributed by atoms with Crippen LogP contribution in [0.25, 0.3) is 0 Å². The molecule has 3 atom stereocenters. The molecule has 4 nitrogen and oxygen atoms in total. The van der Waals surface area contributed by atoms with Crippen LogP contribution in [0.4, 0.5) is 0 Å². The second-order valence-electron chi connectivity index (χ2n) is 3.20. The lowest BCUT2D eigenvalue weighted by Gasteiger charge is -2.19. The number of likely N-dealkylation sites (N-methyl/N-ethyl adjacent to an activating group) is 1. The van der Waals surface area contributed by atoms with Crippen molar-refractivity contribution in [3.63, 3.8) is 0 Å². The minimum Gasteiger partial charge on any atom is -0.393 e. The Morgan fingerprint density at radius 3 is 2.33 bits per heavy atom. The van der Waals surface area contributed by atoms with Gasteiger partial charge in [0.2, 0.25) is 5.91 Å². The maximum Gasteiger partial charge on any atom is 0.234 e. The van der Waals surface area contributed by atoms with Crippen LogP contribution in [-0.4, -0.2) is 30.2 Å². The standard InChI is InChI=1S/C8H18N2O2/c1-5(6(2)11)4-7(10-3)8(9)12/h5-7,10-11H,4H2,1-3H3,(H2,9,12)/t5?,6-,7-/m1/s1. The number of aliphatic hydroxyl groups is 1. The molecular weight excluding hydrogens is 156 g/mol. The highest BCUT2D eigenvalue weighted by Crippen LogP contribution is 2.10. The topological polar surface area (TPSA) is 75.3 Å². The second kappa shape index (κ2) is 5.11. The highest BCUT2D eigenvalue weighted by molar-refractivity contribution is 5.79. The van der Waals surface area contributed by atoms with Crippen LogP contribution in [0.15, 0.2) is 0 Å². The molecule has 4 heteroatoms. The number of amides is 1. The largest absolute Gasteiger partial charge is 0.393 e. The molecule has 0 aromatic heterocycles. The van der Waals surface area contributed by atoms with E-state index in [0.29, 0.717) is 6.42 Å². The van der Waals surface area contributed by atoms with Gasteiger partial charge in [0.1, 0.15) is 0 Å². The molecule has 0 fully saturated rings. The zero-order chi connectivity index (χ0) is 9.72. The van der Waals surface area contributed by atoms with Crippen LogP contribution >= 0.6 is 0 Å². The second-order valence-corrected chi connectivity index (χ2v) is 3.20. The number of carbonyl (C=O) groups is 1. The van der Waals surface area contributed by atoms with Crippen molar-refractivity contribution < 1.29 is 9.90 Å². The fourth-order valence-corrected chi connectivity index (χ4v) is 0.945. The van der Waals surface area contributed by atoms with E-state index in [-0.39, 0.29) is 17.9 Å². The average molecular weight is 174 g/mol. The molecule has 0 heterocycles. The fourth-order valence-electron chi connectivity index (χ4n) is 0.945. The Hall–Kier alpha value is -0.610. The van der Waals surface area contributed by atoms with Gasteiger partial charge in [-0.15, -0.1) is 0 Å². The van der Waals surface area contributed by atoms with Crippen molar-refractivity contribution >= 4 is 5.91 Å². The highest BCUT2D eigenvalue weighted by atomic mass is 16.3. The smallest absolute Gasteiger partial charge is 0.234 e. The van der Waals surface area contributed by atoms with E-state index < -0.39 is 6.10 Å². The average Bonchev–Trinajstić information content (AvgIpc) is 1.98. The Balaban J connectivity index is 3.94. The molecule has 4 N–H and O–H groups in total. The predicted octanol–water partition coefficient (Wildman–Crippen LogP) is -0.533. The molecule has 0 aromatic carbocycles. The quantitative estimate of drug-likeness (QED) is 0.524. The van der Waals surface area contributed by atoms with Gasteiger partial charge in [0.05, 0.1) is 12.1 Å². The number of primary amides is 1. The lowest BCUT2D eigenvalue weighted by Crippen LogP contribution is -2.41. The normalized spacial score (nSPS) is 18.3. The maximum absolute atomic E-state index is 10.8. The van der Waals surface area contributed by atoms with Gasteiger partial charge in [-0.1, -0.05) is 6.92 Å². The van der Waals surface area contributed by atoms with E-state index in [9.17, 15) is 4.79 Å². The molecule has 0 aliphatic rings. The van der Waals surface area contributed by atoms with Gasteiger partial charge in [-0.2, -0.15) is 0 Å². The third-order valence-electron chi connectivity index (χ3n) is 2.12. The first-order valence-electron chi connectivity index (χ1n) is 4.13. The first-order valence-corrected chi connectivity index (χ1v) is 4.13. The van der Waals surface area contributed by atoms with Gasteiger partial charge in [-0.3, -0.25) is 4.79 Å². The van der Waals surface area contributed by atoms with Crippen molar-refractivity contribution in [3.05, 3.63) is 0 Å². The number of carbonyl (C=O) groups excluding carboxylic acids is 1. The summed E-state index contributed by atoms with van der Waals surface area (Å²) in [5.41, 5.74) is 5.11. The minimum atomic E-state index is -0.403. The van der Waals surface area contributed by atoms with Crippen LogP contribution in [0, 0.1) is 5.92 Å². The van der Waals surface area contributed by atoms with Gasteiger partial charge < -0.3 is 16.2 Å². The molecule has 0 radical (unpaired) electrons. The lowest BCUT2D eigenvalue weighted by molar-refractivity contribution is -0.120. The van der Waals surface area contributed by atoms with Gasteiger partial charge >= 0.3 is 0 Å². The van der Waals surface area contributed by atoms with Crippen molar-refractivity contribution in [1.82, 2.24) is 5.32 Å². The van der Waals surface area contributed by atoms with E-state index in [4.69, 9.17) is 10.8 Å². The summed E-state index contributed by atoms with van der Waals surface area (Å²) >= 11 is 0. The number of nitrogens with one attached hydrogen (secondary N) is 1. The molecule has 12 heavy (non-hydrogen) atoms. The fraction of sp³-hybridized carbons (Fsp3) is 0.875. The molecule has 0 saturated heterocycles. The summed E-state index contributed by atoms with van der Waals surface area (Å²) in [5.74, 6) is -0.292. The number of hydrogen-bond acceptors (Lipinski definition) is 3. The zero-order valence-electron chi connectivity index (χ0n) is 7.87. The first-order chi connectivity index (χ1) is 5.49. The third kappa shape index (κ3) is 3.69. The van der Waals surface area contributed by atoms with Crippen molar-refractivity contribution in [3.8, 4) is 0 Å². The van der Waals surface area contributed by atoms with Gasteiger partial charge in [-0.25, -0.2) is 0 Å². The van der Waals surface area contributed by atoms with Gasteiger partial charge in [0.15, 0.2) is 0 Å². The molecule has 0 bridgehead atoms. The summed E-state index contributed by atoms with van der Waals surface area (Å²) in [7, 11) is 1.68. The van der Waals surface area contributed by atoms with Gasteiger partial charge in [-0.05, 0) is 26.3 Å². The number of rotatable bonds is 5. The zero-order valence-corrected chi connectivity index (χ0v) is 7.87. The van der Waals surface area contributed by atoms with Crippen molar-refractivity contribution in [1.29, 1.82) is 0 Å². The monoisotopic (exact) mass is 174 g/mol. The predicted molar refractivity (Wildman–Crippen MR) is 47.5 cm³/mol. The summed E-state index contributed by atoms with van der Waals surface area (Å²) in [5, 5.41) is 12.0. The van der Waals surface area contributed by atoms with Gasteiger partial charge in [0, 0.05) is 0 Å². The minimum absolute atomic E-state index is 0.0787. The molecular formula is C8H18N2O2. The molecule has 0 rings (SSSR count). The van der Waals surface area contributed by atoms with E-state index in [2.05, 4.69) is 5.32 Å². The van der Waals surface area contributed by atoms with Crippen molar-refractivity contribution in [2.45, 2.75) is 32.4 Å². The summed E-state index contributed by atoms with van der Waals surface area (Å²) in [4.78, 5) is 10.8. The number of nitrogens with two attached hydrogens (primary N) is 1. The van der Waals surface area contributed by atoms with E-state index in [1.165, 1.54) is 0 Å². The third-order valence-corrected chi connectivity index (χ3v) is 2.12. The summed E-state index contributed by atoms with van der Waals surface area (Å²) < 4.78 is 0. The van der Waals surface area contributed by atoms with Crippen LogP contribution in [0.5, 0.6) is 0 Å². The van der Waals surface area contributed by atoms with Crippen LogP contribution < -0.4 is 11.1 Å². The Kier molecular flexibility index (Phi) is 4.85. The highest BCUT2D eigenvalue weighted by Gasteiger charge is 2.18. The van der Waals surface area contributed by atoms with E-state index in [0.717, 1.165) is 0 Å². The summed E-state index contributed by atoms with van der Waals surface area (Å²) in [6, 6.07) is -0.338. The maximum atomic E-state index is 10.8. The summed E-state index contributed by atoms with van der Waals surface area (Å²) in [6.45, 7) is 3.59. The van der Waals surface area contributed by atoms with Gasteiger partial charge in [0.25, 0.3) is 0 Å². The van der Waals surface area contributed by atoms with E-state index >= 15 is 0 Å². The molecule has 0 aliphatic heterocycles. The number of hydrogen-bond donors (Lipinski definition) is 3. The Labute approximate surface area is 73.1 Å². The summed E-state index contributed by atoms with van der Waals surface area (Å²) in [6.07, 6.45) is 0.170. The van der Waals surface area contributed by atoms with Crippen LogP contribution in [-0.2, 0) is 4.79 Å². The van der Waals surface area contributed by atoms with Crippen molar-refractivity contribution in [2.24, 2.45) is 11.7 Å². The first kappa shape index (κ1) is 11.4. The Bertz CT molecular complexity index is 148. The van der Waals surface area contributed by atoms with Crippen LogP contribution in [0.2, 0.25) is 0 Å². The lowest BCUT2D eigenvalue weighted by atomic mass is 9.97. The SMILES string of the molecule is CN[C@H](CC(C)[C@@H](C)O)C(N)=O. The molecule has 0 aliphatic carbocycles. The van der Waals surface area contributed by atoms with Crippen LogP contribution in [0.1, 0.15) is 20.3 Å². The Morgan fingerprint density at radius 1 is 1.58 bits per heavy atom. The molecule has 0 saturated carbocycles. The van der Waals surface area contributed by atoms with E-state index in [1.54, 1.807) is 14.0 Å². The molecule has 0 aromatic rings. The molecule has 1 unspecified atom stereocenters. The van der Waals surface area contributed by atoms with Crippen molar-refractivity contribution in [2.75, 3.05) is 7.05 Å². The molecule has 1 amide bonds. The Morgan fingerprint density at radius 2 is 2.08 bits per heavy atom. The molecule has 0 spiro atoms. The molecule has 72 valence electrons. The van der Waals surface area contributed by atoms with E-state index in [1.807, 2.05) is 6.92 Å². The number of aliphatic hydroxyl groups excluding tert-OH is 1. The van der Waals surface area contributed by atoms with Crippen LogP contribution in [0.3, 0.4) is 0 Å².